The Hall–Kier alpha value is -1.31. The number of aromatic nitrogens is 1. The lowest BCUT2D eigenvalue weighted by molar-refractivity contribution is 0.787. The van der Waals surface area contributed by atoms with E-state index in [1.54, 1.807) is 18.3 Å². The van der Waals surface area contributed by atoms with Crippen LogP contribution in [-0.4, -0.2) is 24.1 Å². The van der Waals surface area contributed by atoms with Gasteiger partial charge in [-0.25, -0.2) is 4.98 Å². The zero-order valence-electron chi connectivity index (χ0n) is 8.23. The van der Waals surface area contributed by atoms with Crippen LogP contribution in [0.25, 0.3) is 0 Å². The van der Waals surface area contributed by atoms with E-state index in [1.807, 2.05) is 0 Å². The van der Waals surface area contributed by atoms with Crippen molar-refractivity contribution in [3.8, 4) is 6.07 Å². The van der Waals surface area contributed by atoms with E-state index < -0.39 is 0 Å². The number of hydrogen-bond acceptors (Lipinski definition) is 4. The second kappa shape index (κ2) is 5.54. The summed E-state index contributed by atoms with van der Waals surface area (Å²) in [5.41, 5.74) is 0.611. The van der Waals surface area contributed by atoms with Crippen molar-refractivity contribution in [1.29, 1.82) is 5.26 Å². The fourth-order valence-electron chi connectivity index (χ4n) is 1.58. The first kappa shape index (κ1) is 11.8. The molecule has 1 atom stereocenters. The molecule has 15 heavy (non-hydrogen) atoms. The van der Waals surface area contributed by atoms with Crippen LogP contribution in [0.4, 0.5) is 5.82 Å². The lowest BCUT2D eigenvalue weighted by Crippen LogP contribution is -2.23. The van der Waals surface area contributed by atoms with E-state index in [4.69, 9.17) is 5.26 Å². The first-order valence-electron chi connectivity index (χ1n) is 4.72. The van der Waals surface area contributed by atoms with Gasteiger partial charge in [0, 0.05) is 18.8 Å². The summed E-state index contributed by atoms with van der Waals surface area (Å²) in [6.07, 6.45) is 2.78. The van der Waals surface area contributed by atoms with E-state index in [9.17, 15) is 0 Å². The molecule has 0 radical (unpaired) electrons. The molecule has 5 heteroatoms. The van der Waals surface area contributed by atoms with Crippen LogP contribution in [0.15, 0.2) is 18.3 Å². The average molecular weight is 225 g/mol. The van der Waals surface area contributed by atoms with E-state index in [0.29, 0.717) is 17.4 Å². The van der Waals surface area contributed by atoms with Crippen molar-refractivity contribution in [2.24, 2.45) is 0 Å². The van der Waals surface area contributed by atoms with Gasteiger partial charge in [0.25, 0.3) is 0 Å². The van der Waals surface area contributed by atoms with Crippen LogP contribution in [0.1, 0.15) is 12.0 Å². The topological polar surface area (TPSA) is 60.7 Å². The minimum absolute atomic E-state index is 0. The van der Waals surface area contributed by atoms with Crippen LogP contribution in [0, 0.1) is 11.3 Å². The summed E-state index contributed by atoms with van der Waals surface area (Å²) in [5.74, 6) is 0.698. The summed E-state index contributed by atoms with van der Waals surface area (Å²) in [7, 11) is 0. The third kappa shape index (κ3) is 2.82. The number of nitriles is 1. The summed E-state index contributed by atoms with van der Waals surface area (Å²) in [6, 6.07) is 6.07. The molecule has 1 aliphatic heterocycles. The van der Waals surface area contributed by atoms with E-state index in [2.05, 4.69) is 21.7 Å². The van der Waals surface area contributed by atoms with E-state index in [0.717, 1.165) is 19.5 Å². The summed E-state index contributed by atoms with van der Waals surface area (Å²) < 4.78 is 0. The second-order valence-electron chi connectivity index (χ2n) is 3.35. The van der Waals surface area contributed by atoms with E-state index >= 15 is 0 Å². The maximum atomic E-state index is 8.85. The molecular weight excluding hydrogens is 212 g/mol. The van der Waals surface area contributed by atoms with E-state index in [-0.39, 0.29) is 12.4 Å². The van der Waals surface area contributed by atoms with Gasteiger partial charge >= 0.3 is 0 Å². The van der Waals surface area contributed by atoms with Crippen molar-refractivity contribution >= 4 is 18.2 Å². The molecule has 0 spiro atoms. The predicted molar refractivity (Wildman–Crippen MR) is 61.1 cm³/mol. The Balaban J connectivity index is 0.00000112. The summed E-state index contributed by atoms with van der Waals surface area (Å²) in [6.45, 7) is 1.98. The highest BCUT2D eigenvalue weighted by Crippen LogP contribution is 2.13. The largest absolute Gasteiger partial charge is 0.365 e. The Labute approximate surface area is 95.1 Å². The number of pyridine rings is 1. The van der Waals surface area contributed by atoms with Gasteiger partial charge in [0.15, 0.2) is 0 Å². The highest BCUT2D eigenvalue weighted by atomic mass is 35.5. The molecule has 2 N–H and O–H groups in total. The molecule has 2 heterocycles. The van der Waals surface area contributed by atoms with Gasteiger partial charge in [0.2, 0.25) is 0 Å². The molecule has 1 aromatic rings. The van der Waals surface area contributed by atoms with Crippen molar-refractivity contribution in [2.75, 3.05) is 18.4 Å². The van der Waals surface area contributed by atoms with Gasteiger partial charge in [-0.3, -0.25) is 0 Å². The lowest BCUT2D eigenvalue weighted by Gasteiger charge is -2.12. The number of nitrogens with zero attached hydrogens (tertiary/aromatic N) is 2. The van der Waals surface area contributed by atoms with Gasteiger partial charge in [0.1, 0.15) is 11.9 Å². The number of anilines is 1. The van der Waals surface area contributed by atoms with Crippen LogP contribution in [0.5, 0.6) is 0 Å². The zero-order valence-corrected chi connectivity index (χ0v) is 9.05. The fraction of sp³-hybridized carbons (Fsp3) is 0.400. The van der Waals surface area contributed by atoms with Crippen LogP contribution in [0.2, 0.25) is 0 Å². The molecule has 0 saturated carbocycles. The molecule has 0 aliphatic carbocycles. The third-order valence-corrected chi connectivity index (χ3v) is 2.33. The van der Waals surface area contributed by atoms with Gasteiger partial charge < -0.3 is 10.6 Å². The average Bonchev–Trinajstić information content (AvgIpc) is 2.71. The molecule has 0 amide bonds. The monoisotopic (exact) mass is 224 g/mol. The van der Waals surface area contributed by atoms with Crippen molar-refractivity contribution < 1.29 is 0 Å². The van der Waals surface area contributed by atoms with Crippen LogP contribution < -0.4 is 10.6 Å². The number of hydrogen-bond donors (Lipinski definition) is 2. The highest BCUT2D eigenvalue weighted by molar-refractivity contribution is 5.85. The molecule has 1 aliphatic rings. The fourth-order valence-corrected chi connectivity index (χ4v) is 1.58. The van der Waals surface area contributed by atoms with Crippen molar-refractivity contribution in [3.05, 3.63) is 23.9 Å². The minimum atomic E-state index is 0. The molecule has 80 valence electrons. The SMILES string of the molecule is Cl.N#Cc1cccnc1NC1CCNC1. The zero-order chi connectivity index (χ0) is 9.80. The quantitative estimate of drug-likeness (QED) is 0.791. The summed E-state index contributed by atoms with van der Waals surface area (Å²) in [5, 5.41) is 15.4. The Bertz CT molecular complexity index is 355. The normalized spacial score (nSPS) is 19.0. The van der Waals surface area contributed by atoms with E-state index in [1.165, 1.54) is 0 Å². The lowest BCUT2D eigenvalue weighted by atomic mass is 10.2. The van der Waals surface area contributed by atoms with Crippen molar-refractivity contribution in [3.63, 3.8) is 0 Å². The van der Waals surface area contributed by atoms with Crippen LogP contribution in [-0.2, 0) is 0 Å². The number of rotatable bonds is 2. The van der Waals surface area contributed by atoms with Gasteiger partial charge in [-0.05, 0) is 25.1 Å². The van der Waals surface area contributed by atoms with Gasteiger partial charge in [0.05, 0.1) is 5.56 Å². The molecule has 1 fully saturated rings. The molecule has 1 aromatic heterocycles. The highest BCUT2D eigenvalue weighted by Gasteiger charge is 2.15. The van der Waals surface area contributed by atoms with Crippen LogP contribution >= 0.6 is 12.4 Å². The first-order valence-corrected chi connectivity index (χ1v) is 4.72. The Morgan fingerprint density at radius 1 is 1.60 bits per heavy atom. The van der Waals surface area contributed by atoms with Crippen molar-refractivity contribution in [1.82, 2.24) is 10.3 Å². The standard InChI is InChI=1S/C10H12N4.ClH/c11-6-8-2-1-4-13-10(8)14-9-3-5-12-7-9;/h1-2,4,9,12H,3,5,7H2,(H,13,14);1H. The number of halogens is 1. The molecule has 1 unspecified atom stereocenters. The molecule has 1 saturated heterocycles. The smallest absolute Gasteiger partial charge is 0.144 e. The third-order valence-electron chi connectivity index (χ3n) is 2.33. The number of nitrogens with one attached hydrogen (secondary N) is 2. The van der Waals surface area contributed by atoms with Gasteiger partial charge in [-0.15, -0.1) is 12.4 Å². The first-order chi connectivity index (χ1) is 6.90. The maximum absolute atomic E-state index is 8.85. The molecule has 0 aromatic carbocycles. The summed E-state index contributed by atoms with van der Waals surface area (Å²) >= 11 is 0. The summed E-state index contributed by atoms with van der Waals surface area (Å²) in [4.78, 5) is 4.15. The Kier molecular flexibility index (Phi) is 4.35. The minimum Gasteiger partial charge on any atom is -0.365 e. The van der Waals surface area contributed by atoms with Gasteiger partial charge in [-0.2, -0.15) is 5.26 Å². The Morgan fingerprint density at radius 3 is 3.13 bits per heavy atom. The molecular formula is C10H13ClN4. The maximum Gasteiger partial charge on any atom is 0.144 e. The molecule has 0 bridgehead atoms. The second-order valence-corrected chi connectivity index (χ2v) is 3.35. The van der Waals surface area contributed by atoms with Crippen molar-refractivity contribution in [2.45, 2.75) is 12.5 Å². The van der Waals surface area contributed by atoms with Gasteiger partial charge in [-0.1, -0.05) is 0 Å². The Morgan fingerprint density at radius 2 is 2.47 bits per heavy atom. The predicted octanol–water partition coefficient (Wildman–Crippen LogP) is 1.15. The van der Waals surface area contributed by atoms with Crippen LogP contribution in [0.3, 0.4) is 0 Å². The molecule has 2 rings (SSSR count). The molecule has 4 nitrogen and oxygen atoms in total.